The average Bonchev–Trinajstić information content (AvgIpc) is 3.17. The van der Waals surface area contributed by atoms with Crippen LogP contribution >= 0.6 is 12.4 Å². The van der Waals surface area contributed by atoms with Gasteiger partial charge in [0, 0.05) is 41.0 Å². The Hall–Kier alpha value is -4.61. The molecule has 1 saturated heterocycles. The maximum Gasteiger partial charge on any atom is 0.251 e. The van der Waals surface area contributed by atoms with E-state index in [1.165, 1.54) is 48.8 Å². The minimum absolute atomic E-state index is 0. The molecule has 4 aromatic rings. The number of pyridine rings is 2. The Morgan fingerprint density at radius 2 is 1.63 bits per heavy atom. The van der Waals surface area contributed by atoms with Gasteiger partial charge in [0.2, 0.25) is 0 Å². The van der Waals surface area contributed by atoms with Crippen molar-refractivity contribution in [3.63, 3.8) is 0 Å². The lowest BCUT2D eigenvalue weighted by Crippen LogP contribution is -2.54. The average molecular weight is 579 g/mol. The first-order valence-corrected chi connectivity index (χ1v) is 12.8. The predicted molar refractivity (Wildman–Crippen MR) is 154 cm³/mol. The quantitative estimate of drug-likeness (QED) is 0.218. The molecule has 0 radical (unpaired) electrons. The normalized spacial score (nSPS) is 16.7. The molecular formula is C29H28ClFN6O4. The lowest BCUT2D eigenvalue weighted by molar-refractivity contribution is 0.0882. The van der Waals surface area contributed by atoms with E-state index in [1.54, 1.807) is 18.2 Å². The minimum Gasteiger partial charge on any atom is -0.507 e. The van der Waals surface area contributed by atoms with Crippen molar-refractivity contribution in [2.45, 2.75) is 24.9 Å². The molecule has 1 aliphatic rings. The Morgan fingerprint density at radius 1 is 0.927 bits per heavy atom. The van der Waals surface area contributed by atoms with Crippen LogP contribution in [0.4, 0.5) is 10.2 Å². The fraction of sp³-hybridized carbons (Fsp3) is 0.207. The molecule has 2 atom stereocenters. The highest BCUT2D eigenvalue weighted by atomic mass is 35.5. The van der Waals surface area contributed by atoms with Crippen molar-refractivity contribution in [3.8, 4) is 5.75 Å². The molecule has 0 unspecified atom stereocenters. The van der Waals surface area contributed by atoms with Crippen LogP contribution in [0.1, 0.15) is 49.5 Å². The molecule has 1 fully saturated rings. The number of rotatable bonds is 6. The van der Waals surface area contributed by atoms with Gasteiger partial charge in [-0.2, -0.15) is 0 Å². The number of aromatic hydroxyl groups is 1. The summed E-state index contributed by atoms with van der Waals surface area (Å²) in [6.07, 6.45) is 4.28. The zero-order valence-corrected chi connectivity index (χ0v) is 22.6. The molecule has 2 aromatic carbocycles. The number of aromatic nitrogens is 2. The molecule has 0 bridgehead atoms. The highest BCUT2D eigenvalue weighted by Gasteiger charge is 2.28. The molecule has 1 aliphatic heterocycles. The maximum atomic E-state index is 15.1. The number of carbonyl (C=O) groups excluding carboxylic acids is 3. The smallest absolute Gasteiger partial charge is 0.251 e. The van der Waals surface area contributed by atoms with Crippen LogP contribution in [0.15, 0.2) is 67.0 Å². The summed E-state index contributed by atoms with van der Waals surface area (Å²) in [5.74, 6) is -2.62. The van der Waals surface area contributed by atoms with Gasteiger partial charge < -0.3 is 26.8 Å². The van der Waals surface area contributed by atoms with Gasteiger partial charge in [0.25, 0.3) is 11.8 Å². The van der Waals surface area contributed by atoms with Gasteiger partial charge in [-0.1, -0.05) is 18.2 Å². The summed E-state index contributed by atoms with van der Waals surface area (Å²) in [6.45, 7) is 1.20. The van der Waals surface area contributed by atoms with E-state index in [0.717, 1.165) is 13.0 Å². The van der Waals surface area contributed by atoms with Gasteiger partial charge in [0.1, 0.15) is 22.6 Å². The zero-order valence-electron chi connectivity index (χ0n) is 21.8. The Kier molecular flexibility index (Phi) is 9.10. The van der Waals surface area contributed by atoms with E-state index >= 15 is 4.39 Å². The first kappa shape index (κ1) is 29.4. The molecule has 212 valence electrons. The van der Waals surface area contributed by atoms with Crippen LogP contribution in [0.3, 0.4) is 0 Å². The van der Waals surface area contributed by atoms with Crippen LogP contribution in [0.2, 0.25) is 0 Å². The number of benzene rings is 2. The summed E-state index contributed by atoms with van der Waals surface area (Å²) in [5.41, 5.74) is 5.94. The van der Waals surface area contributed by atoms with E-state index < -0.39 is 22.9 Å². The number of phenols is 1. The van der Waals surface area contributed by atoms with Crippen LogP contribution in [0.25, 0.3) is 10.9 Å². The van der Waals surface area contributed by atoms with E-state index in [-0.39, 0.29) is 58.8 Å². The predicted octanol–water partition coefficient (Wildman–Crippen LogP) is 2.99. The number of phenolic OH excluding ortho intramolecular Hbond substituents is 1. The van der Waals surface area contributed by atoms with Crippen LogP contribution < -0.4 is 21.7 Å². The van der Waals surface area contributed by atoms with Crippen molar-refractivity contribution in [2.75, 3.05) is 18.8 Å². The number of nitrogens with two attached hydrogens (primary N) is 1. The van der Waals surface area contributed by atoms with Crippen LogP contribution in [0.5, 0.6) is 5.75 Å². The summed E-state index contributed by atoms with van der Waals surface area (Å²) in [7, 11) is 0. The topological polar surface area (TPSA) is 159 Å². The Bertz CT molecular complexity index is 1600. The van der Waals surface area contributed by atoms with E-state index in [4.69, 9.17) is 5.73 Å². The summed E-state index contributed by atoms with van der Waals surface area (Å²) < 4.78 is 15.1. The molecule has 5 rings (SSSR count). The summed E-state index contributed by atoms with van der Waals surface area (Å²) in [6, 6.07) is 12.5. The molecule has 12 heteroatoms. The largest absolute Gasteiger partial charge is 0.507 e. The van der Waals surface area contributed by atoms with Crippen molar-refractivity contribution in [1.82, 2.24) is 25.9 Å². The number of nitrogen functional groups attached to an aromatic ring is 1. The Labute approximate surface area is 241 Å². The first-order valence-electron chi connectivity index (χ1n) is 12.8. The van der Waals surface area contributed by atoms with Gasteiger partial charge in [-0.25, -0.2) is 9.37 Å². The summed E-state index contributed by atoms with van der Waals surface area (Å²) in [5, 5.41) is 19.9. The van der Waals surface area contributed by atoms with Crippen LogP contribution in [-0.2, 0) is 0 Å². The molecule has 10 nitrogen and oxygen atoms in total. The lowest BCUT2D eigenvalue weighted by atomic mass is 9.98. The number of anilines is 1. The number of fused-ring (bicyclic) bond motifs is 1. The fourth-order valence-electron chi connectivity index (χ4n) is 4.77. The SMILES string of the molecule is Cl.Nc1cc(C(=O)N[C@@H]2CNCCC[C@H]2NC(=O)c2ccc(C(=O)c3c(O)cc4cccnc4c3F)cc2)ccn1. The van der Waals surface area contributed by atoms with Gasteiger partial charge in [0.05, 0.1) is 12.1 Å². The highest BCUT2D eigenvalue weighted by molar-refractivity contribution is 6.13. The third-order valence-electron chi connectivity index (χ3n) is 6.85. The van der Waals surface area contributed by atoms with E-state index in [0.29, 0.717) is 23.9 Å². The number of nitrogens with one attached hydrogen (secondary N) is 3. The third-order valence-corrected chi connectivity index (χ3v) is 6.85. The first-order chi connectivity index (χ1) is 19.3. The number of hydrogen-bond donors (Lipinski definition) is 5. The molecule has 41 heavy (non-hydrogen) atoms. The third kappa shape index (κ3) is 6.42. The zero-order chi connectivity index (χ0) is 28.2. The van der Waals surface area contributed by atoms with Crippen LogP contribution in [-0.4, -0.2) is 57.8 Å². The molecule has 2 aromatic heterocycles. The van der Waals surface area contributed by atoms with Crippen molar-refractivity contribution in [2.24, 2.45) is 0 Å². The van der Waals surface area contributed by atoms with Gasteiger partial charge in [-0.15, -0.1) is 12.4 Å². The van der Waals surface area contributed by atoms with Crippen LogP contribution in [0, 0.1) is 5.82 Å². The highest BCUT2D eigenvalue weighted by Crippen LogP contribution is 2.30. The number of hydrogen-bond acceptors (Lipinski definition) is 8. The van der Waals surface area contributed by atoms with Crippen molar-refractivity contribution >= 4 is 46.7 Å². The summed E-state index contributed by atoms with van der Waals surface area (Å²) >= 11 is 0. The van der Waals surface area contributed by atoms with Crippen molar-refractivity contribution in [1.29, 1.82) is 0 Å². The van der Waals surface area contributed by atoms with E-state index in [9.17, 15) is 19.5 Å². The van der Waals surface area contributed by atoms with Crippen molar-refractivity contribution in [3.05, 3.63) is 95.1 Å². The second kappa shape index (κ2) is 12.7. The molecule has 0 aliphatic carbocycles. The number of halogens is 2. The van der Waals surface area contributed by atoms with Gasteiger partial charge in [-0.3, -0.25) is 19.4 Å². The molecule has 0 spiro atoms. The maximum absolute atomic E-state index is 15.1. The number of nitrogens with zero attached hydrogens (tertiary/aromatic N) is 2. The molecule has 2 amide bonds. The van der Waals surface area contributed by atoms with Gasteiger partial charge in [-0.05, 0) is 55.8 Å². The lowest BCUT2D eigenvalue weighted by Gasteiger charge is -2.27. The number of carbonyl (C=O) groups is 3. The number of ketones is 1. The van der Waals surface area contributed by atoms with E-state index in [2.05, 4.69) is 25.9 Å². The molecule has 0 saturated carbocycles. The van der Waals surface area contributed by atoms with Gasteiger partial charge >= 0.3 is 0 Å². The molecule has 3 heterocycles. The van der Waals surface area contributed by atoms with Gasteiger partial charge in [0.15, 0.2) is 11.6 Å². The minimum atomic E-state index is -0.910. The molecular weight excluding hydrogens is 551 g/mol. The monoisotopic (exact) mass is 578 g/mol. The fourth-order valence-corrected chi connectivity index (χ4v) is 4.77. The standard InChI is InChI=1S/C29H27FN6O4.ClH/c30-25-24(22(37)13-18-3-1-11-34-26(18)25)27(38)16-5-7-17(8-6-16)28(39)35-20-4-2-10-32-15-21(20)36-29(40)19-9-12-33-23(31)14-19;/h1,3,5-9,11-14,20-21,32,37H,2,4,10,15H2,(H2,31,33)(H,35,39)(H,36,40);1H/t20-,21-;/m1./s1. The number of amides is 2. The Balaban J connectivity index is 0.00000387. The molecule has 6 N–H and O–H groups in total. The summed E-state index contributed by atoms with van der Waals surface area (Å²) in [4.78, 5) is 46.9. The Morgan fingerprint density at radius 3 is 2.39 bits per heavy atom. The van der Waals surface area contributed by atoms with E-state index in [1.807, 2.05) is 0 Å². The second-order valence-corrected chi connectivity index (χ2v) is 9.54. The second-order valence-electron chi connectivity index (χ2n) is 9.54. The van der Waals surface area contributed by atoms with Crippen molar-refractivity contribution < 1.29 is 23.9 Å².